The molecule has 0 aromatic heterocycles. The van der Waals surface area contributed by atoms with Gasteiger partial charge in [0.1, 0.15) is 0 Å². The van der Waals surface area contributed by atoms with Gasteiger partial charge in [0.15, 0.2) is 0 Å². The van der Waals surface area contributed by atoms with Gasteiger partial charge in [0.2, 0.25) is 11.8 Å². The molecule has 0 unspecified atom stereocenters. The van der Waals surface area contributed by atoms with E-state index in [-0.39, 0.29) is 5.91 Å². The lowest BCUT2D eigenvalue weighted by molar-refractivity contribution is -0.117. The molecular weight excluding hydrogens is 132 g/mol. The second-order valence-corrected chi connectivity index (χ2v) is 1.43. The lowest BCUT2D eigenvalue weighted by atomic mass is 10.5. The van der Waals surface area contributed by atoms with Crippen LogP contribution in [0.2, 0.25) is 0 Å². The van der Waals surface area contributed by atoms with Crippen LogP contribution in [0.3, 0.4) is 0 Å². The van der Waals surface area contributed by atoms with Gasteiger partial charge >= 0.3 is 0 Å². The third-order valence-electron chi connectivity index (χ3n) is 0.550. The van der Waals surface area contributed by atoms with Crippen LogP contribution < -0.4 is 11.5 Å². The number of primary amides is 2. The minimum Gasteiger partial charge on any atom is -0.370 e. The van der Waals surface area contributed by atoms with Crippen molar-refractivity contribution >= 4 is 11.8 Å². The van der Waals surface area contributed by atoms with Gasteiger partial charge in [0, 0.05) is 6.42 Å². The summed E-state index contributed by atoms with van der Waals surface area (Å²) in [5.74, 6) is -0.727. The van der Waals surface area contributed by atoms with Crippen molar-refractivity contribution in [2.45, 2.75) is 13.3 Å². The first-order valence-corrected chi connectivity index (χ1v) is 2.74. The molecule has 0 rings (SSSR count). The zero-order chi connectivity index (χ0) is 8.57. The number of carbonyl (C=O) groups excluding carboxylic acids is 2. The molecule has 0 aliphatic rings. The fraction of sp³-hybridized carbons (Fsp3) is 0.333. The van der Waals surface area contributed by atoms with Gasteiger partial charge in [-0.25, -0.2) is 0 Å². The summed E-state index contributed by atoms with van der Waals surface area (Å²) in [7, 11) is 0. The maximum absolute atomic E-state index is 9.59. The quantitative estimate of drug-likeness (QED) is 0.514. The molecule has 4 nitrogen and oxygen atoms in total. The van der Waals surface area contributed by atoms with Gasteiger partial charge in [0.05, 0.1) is 0 Å². The third-order valence-corrected chi connectivity index (χ3v) is 0.550. The molecule has 4 heteroatoms. The first-order valence-electron chi connectivity index (χ1n) is 2.74. The Morgan fingerprint density at radius 2 is 1.70 bits per heavy atom. The lowest BCUT2D eigenvalue weighted by Crippen LogP contribution is -2.06. The van der Waals surface area contributed by atoms with Crippen LogP contribution in [0.25, 0.3) is 0 Å². The largest absolute Gasteiger partial charge is 0.370 e. The Bertz CT molecular complexity index is 132. The number of carbonyl (C=O) groups is 2. The summed E-state index contributed by atoms with van der Waals surface area (Å²) < 4.78 is 0. The number of hydrogen-bond donors (Lipinski definition) is 2. The molecule has 0 spiro atoms. The fourth-order valence-electron chi connectivity index (χ4n) is 0. The summed E-state index contributed by atoms with van der Waals surface area (Å²) in [5, 5.41) is 0. The maximum atomic E-state index is 9.59. The molecule has 0 radical (unpaired) electrons. The molecule has 0 bridgehead atoms. The predicted octanol–water partition coefficient (Wildman–Crippen LogP) is -0.461. The molecular formula is C6H12N2O2. The zero-order valence-corrected chi connectivity index (χ0v) is 5.96. The highest BCUT2D eigenvalue weighted by Crippen LogP contribution is 1.63. The highest BCUT2D eigenvalue weighted by Gasteiger charge is 1.77. The average Bonchev–Trinajstić information content (AvgIpc) is 1.89. The Hall–Kier alpha value is -1.32. The second-order valence-electron chi connectivity index (χ2n) is 1.43. The van der Waals surface area contributed by atoms with E-state index in [2.05, 4.69) is 18.0 Å². The summed E-state index contributed by atoms with van der Waals surface area (Å²) in [6.07, 6.45) is 1.50. The Kier molecular flexibility index (Phi) is 8.81. The van der Waals surface area contributed by atoms with E-state index < -0.39 is 5.91 Å². The molecule has 0 saturated heterocycles. The van der Waals surface area contributed by atoms with Crippen LogP contribution in [0.15, 0.2) is 12.7 Å². The summed E-state index contributed by atoms with van der Waals surface area (Å²) in [4.78, 5) is 19.1. The number of nitrogens with two attached hydrogens (primary N) is 2. The van der Waals surface area contributed by atoms with Crippen LogP contribution in [-0.4, -0.2) is 11.8 Å². The SMILES string of the molecule is C=CC(N)=O.CCC(N)=O. The average molecular weight is 144 g/mol. The van der Waals surface area contributed by atoms with Crippen molar-refractivity contribution in [1.82, 2.24) is 0 Å². The summed E-state index contributed by atoms with van der Waals surface area (Å²) >= 11 is 0. The fourth-order valence-corrected chi connectivity index (χ4v) is 0. The maximum Gasteiger partial charge on any atom is 0.240 e. The first kappa shape index (κ1) is 11.5. The molecule has 10 heavy (non-hydrogen) atoms. The van der Waals surface area contributed by atoms with E-state index in [4.69, 9.17) is 0 Å². The summed E-state index contributed by atoms with van der Waals surface area (Å²) in [5.41, 5.74) is 9.19. The van der Waals surface area contributed by atoms with E-state index >= 15 is 0 Å². The molecule has 0 heterocycles. The minimum atomic E-state index is -0.481. The number of hydrogen-bond acceptors (Lipinski definition) is 2. The van der Waals surface area contributed by atoms with Gasteiger partial charge < -0.3 is 11.5 Å². The highest BCUT2D eigenvalue weighted by atomic mass is 16.1. The van der Waals surface area contributed by atoms with Crippen LogP contribution in [0.1, 0.15) is 13.3 Å². The number of rotatable bonds is 2. The van der Waals surface area contributed by atoms with Crippen LogP contribution in [0.5, 0.6) is 0 Å². The van der Waals surface area contributed by atoms with Crippen LogP contribution >= 0.6 is 0 Å². The second kappa shape index (κ2) is 7.68. The van der Waals surface area contributed by atoms with Gasteiger partial charge in [-0.05, 0) is 6.08 Å². The topological polar surface area (TPSA) is 86.2 Å². The van der Waals surface area contributed by atoms with Gasteiger partial charge in [0.25, 0.3) is 0 Å². The lowest BCUT2D eigenvalue weighted by Gasteiger charge is -1.73. The van der Waals surface area contributed by atoms with E-state index in [1.54, 1.807) is 6.92 Å². The van der Waals surface area contributed by atoms with Gasteiger partial charge in [-0.15, -0.1) is 0 Å². The van der Waals surface area contributed by atoms with Crippen molar-refractivity contribution < 1.29 is 9.59 Å². The van der Waals surface area contributed by atoms with Gasteiger partial charge in [-0.1, -0.05) is 13.5 Å². The molecule has 0 saturated carbocycles. The van der Waals surface area contributed by atoms with Crippen LogP contribution in [0, 0.1) is 0 Å². The van der Waals surface area contributed by atoms with Gasteiger partial charge in [-0.2, -0.15) is 0 Å². The standard InChI is InChI=1S/C3H7NO.C3H5NO/c2*1-2-3(4)5/h2H2,1H3,(H2,4,5);2H,1H2,(H2,4,5). The normalized spacial score (nSPS) is 6.90. The van der Waals surface area contributed by atoms with Crippen molar-refractivity contribution in [3.63, 3.8) is 0 Å². The highest BCUT2D eigenvalue weighted by molar-refractivity contribution is 5.84. The Balaban J connectivity index is 0. The summed E-state index contributed by atoms with van der Waals surface area (Å²) in [6, 6.07) is 0. The van der Waals surface area contributed by atoms with E-state index in [0.717, 1.165) is 6.08 Å². The predicted molar refractivity (Wildman–Crippen MR) is 38.9 cm³/mol. The van der Waals surface area contributed by atoms with Crippen molar-refractivity contribution in [2.24, 2.45) is 11.5 Å². The molecule has 2 amide bonds. The molecule has 0 atom stereocenters. The van der Waals surface area contributed by atoms with Crippen molar-refractivity contribution in [3.8, 4) is 0 Å². The van der Waals surface area contributed by atoms with Crippen molar-refractivity contribution in [1.29, 1.82) is 0 Å². The minimum absolute atomic E-state index is 0.245. The summed E-state index contributed by atoms with van der Waals surface area (Å²) in [6.45, 7) is 4.81. The first-order chi connectivity index (χ1) is 4.54. The number of amides is 2. The Morgan fingerprint density at radius 1 is 1.50 bits per heavy atom. The monoisotopic (exact) mass is 144 g/mol. The Morgan fingerprint density at radius 3 is 1.70 bits per heavy atom. The third kappa shape index (κ3) is 30.0. The van der Waals surface area contributed by atoms with E-state index in [1.165, 1.54) is 0 Å². The molecule has 58 valence electrons. The smallest absolute Gasteiger partial charge is 0.240 e. The Labute approximate surface area is 59.9 Å². The molecule has 4 N–H and O–H groups in total. The molecule has 0 aliphatic heterocycles. The molecule has 0 aliphatic carbocycles. The van der Waals surface area contributed by atoms with Gasteiger partial charge in [-0.3, -0.25) is 9.59 Å². The zero-order valence-electron chi connectivity index (χ0n) is 5.96. The van der Waals surface area contributed by atoms with Crippen LogP contribution in [0.4, 0.5) is 0 Å². The van der Waals surface area contributed by atoms with E-state index in [0.29, 0.717) is 6.42 Å². The molecule has 0 fully saturated rings. The van der Waals surface area contributed by atoms with Crippen LogP contribution in [-0.2, 0) is 9.59 Å². The molecule has 0 aromatic rings. The van der Waals surface area contributed by atoms with Crippen molar-refractivity contribution in [2.75, 3.05) is 0 Å². The van der Waals surface area contributed by atoms with E-state index in [1.807, 2.05) is 0 Å². The van der Waals surface area contributed by atoms with E-state index in [9.17, 15) is 9.59 Å². The van der Waals surface area contributed by atoms with Crippen molar-refractivity contribution in [3.05, 3.63) is 12.7 Å². The molecule has 0 aromatic carbocycles.